The van der Waals surface area contributed by atoms with Gasteiger partial charge in [-0.25, -0.2) is 0 Å². The third-order valence-electron chi connectivity index (χ3n) is 7.06. The number of aromatic hydroxyl groups is 1. The minimum Gasteiger partial charge on any atom is -0.505 e. The highest BCUT2D eigenvalue weighted by Gasteiger charge is 2.22. The van der Waals surface area contributed by atoms with E-state index in [1.165, 1.54) is 24.3 Å². The van der Waals surface area contributed by atoms with E-state index in [2.05, 4.69) is 20.5 Å². The number of H-pyrrole nitrogens is 1. The zero-order chi connectivity index (χ0) is 29.6. The number of aromatic amines is 1. The molecule has 0 saturated heterocycles. The third kappa shape index (κ3) is 4.70. The minimum atomic E-state index is -4.60. The number of amides is 1. The van der Waals surface area contributed by atoms with Gasteiger partial charge in [-0.15, -0.1) is 10.2 Å². The fourth-order valence-corrected chi connectivity index (χ4v) is 5.63. The average molecular weight is 581 g/mol. The van der Waals surface area contributed by atoms with Crippen molar-refractivity contribution in [2.24, 2.45) is 10.2 Å². The van der Waals surface area contributed by atoms with E-state index in [9.17, 15) is 22.9 Å². The lowest BCUT2D eigenvalue weighted by molar-refractivity contribution is 0.102. The van der Waals surface area contributed by atoms with Crippen molar-refractivity contribution in [3.05, 3.63) is 96.1 Å². The Morgan fingerprint density at radius 1 is 0.929 bits per heavy atom. The number of ether oxygens (including phenoxy) is 1. The smallest absolute Gasteiger partial charge is 0.296 e. The number of hydrogen-bond donors (Lipinski definition) is 4. The first-order valence-corrected chi connectivity index (χ1v) is 14.2. The van der Waals surface area contributed by atoms with E-state index in [0.717, 1.165) is 21.9 Å². The molecule has 0 aliphatic rings. The summed E-state index contributed by atoms with van der Waals surface area (Å²) in [5.74, 6) is -0.408. The van der Waals surface area contributed by atoms with Crippen molar-refractivity contribution in [3.63, 3.8) is 0 Å². The number of fused-ring (bicyclic) bond motifs is 5. The number of phenolic OH excluding ortho intramolecular Hbond substituents is 1. The lowest BCUT2D eigenvalue weighted by Crippen LogP contribution is -2.13. The normalized spacial score (nSPS) is 12.0. The van der Waals surface area contributed by atoms with Crippen LogP contribution in [-0.4, -0.2) is 36.1 Å². The van der Waals surface area contributed by atoms with Crippen LogP contribution in [0, 0.1) is 6.92 Å². The molecule has 11 heteroatoms. The van der Waals surface area contributed by atoms with Crippen LogP contribution in [0.1, 0.15) is 15.9 Å². The molecule has 0 aliphatic carbocycles. The Bertz CT molecular complexity index is 2190. The van der Waals surface area contributed by atoms with Crippen molar-refractivity contribution in [2.45, 2.75) is 11.8 Å². The van der Waals surface area contributed by atoms with E-state index < -0.39 is 26.7 Å². The van der Waals surface area contributed by atoms with Crippen LogP contribution < -0.4 is 10.1 Å². The molecule has 1 heterocycles. The van der Waals surface area contributed by atoms with Gasteiger partial charge in [0.15, 0.2) is 5.75 Å². The summed E-state index contributed by atoms with van der Waals surface area (Å²) in [6.45, 7) is 1.82. The van der Waals surface area contributed by atoms with Crippen LogP contribution in [0.15, 0.2) is 100 Å². The molecule has 6 rings (SSSR count). The maximum absolute atomic E-state index is 13.5. The van der Waals surface area contributed by atoms with Crippen LogP contribution in [0.4, 0.5) is 17.1 Å². The predicted molar refractivity (Wildman–Crippen MR) is 161 cm³/mol. The summed E-state index contributed by atoms with van der Waals surface area (Å²) in [7, 11) is -3.05. The third-order valence-corrected chi connectivity index (χ3v) is 7.96. The Hall–Kier alpha value is -5.26. The van der Waals surface area contributed by atoms with Gasteiger partial charge in [0.05, 0.1) is 18.2 Å². The first-order valence-electron chi connectivity index (χ1n) is 12.8. The molecule has 0 saturated carbocycles. The van der Waals surface area contributed by atoms with E-state index in [1.54, 1.807) is 31.4 Å². The Labute approximate surface area is 240 Å². The number of rotatable bonds is 6. The molecular formula is C31H24N4O6S. The Balaban J connectivity index is 1.57. The second kappa shape index (κ2) is 10.3. The molecule has 210 valence electrons. The van der Waals surface area contributed by atoms with Gasteiger partial charge in [0, 0.05) is 27.4 Å². The van der Waals surface area contributed by atoms with Crippen LogP contribution in [0.25, 0.3) is 32.6 Å². The highest BCUT2D eigenvalue weighted by atomic mass is 32.2. The predicted octanol–water partition coefficient (Wildman–Crippen LogP) is 7.41. The van der Waals surface area contributed by atoms with E-state index in [1.807, 2.05) is 43.3 Å². The number of phenols is 1. The Morgan fingerprint density at radius 3 is 2.45 bits per heavy atom. The SMILES string of the molecule is COc1ccc(NC(=O)c2cc3ccc4c5ccccc5[nH]c4c3c(N=Nc3ccccc3S(=O)(=O)O)c2O)c(C)c1. The molecule has 1 amide bonds. The fourth-order valence-electron chi connectivity index (χ4n) is 5.01. The number of benzene rings is 5. The Morgan fingerprint density at radius 2 is 1.69 bits per heavy atom. The van der Waals surface area contributed by atoms with Gasteiger partial charge < -0.3 is 20.1 Å². The van der Waals surface area contributed by atoms with Crippen molar-refractivity contribution >= 4 is 65.7 Å². The molecule has 0 aliphatic heterocycles. The van der Waals surface area contributed by atoms with Crippen molar-refractivity contribution in [2.75, 3.05) is 12.4 Å². The molecule has 1 aromatic heterocycles. The summed E-state index contributed by atoms with van der Waals surface area (Å²) in [6, 6.07) is 23.7. The summed E-state index contributed by atoms with van der Waals surface area (Å²) in [6.07, 6.45) is 0. The maximum atomic E-state index is 13.5. The molecule has 0 fully saturated rings. The topological polar surface area (TPSA) is 153 Å². The standard InChI is InChI=1S/C31H24N4O6S/c1-17-15-19(41-2)12-14-23(17)33-31(37)22-16-18-11-13-21-20-7-3-4-8-24(20)32-28(21)27(18)29(30(22)36)35-34-25-9-5-6-10-26(25)42(38,39)40/h3-16,32,36H,1-2H3,(H,33,37)(H,38,39,40). The summed E-state index contributed by atoms with van der Waals surface area (Å²) < 4.78 is 38.8. The van der Waals surface area contributed by atoms with E-state index in [0.29, 0.717) is 27.7 Å². The molecule has 0 spiro atoms. The summed E-state index contributed by atoms with van der Waals surface area (Å²) >= 11 is 0. The average Bonchev–Trinajstić information content (AvgIpc) is 3.36. The molecule has 6 aromatic rings. The number of hydrogen-bond acceptors (Lipinski definition) is 7. The van der Waals surface area contributed by atoms with Gasteiger partial charge in [-0.3, -0.25) is 9.35 Å². The monoisotopic (exact) mass is 580 g/mol. The number of aromatic nitrogens is 1. The fraction of sp³-hybridized carbons (Fsp3) is 0.0645. The van der Waals surface area contributed by atoms with Gasteiger partial charge in [0.25, 0.3) is 16.0 Å². The van der Waals surface area contributed by atoms with Crippen molar-refractivity contribution < 1.29 is 27.6 Å². The number of aryl methyl sites for hydroxylation is 1. The maximum Gasteiger partial charge on any atom is 0.296 e. The second-order valence-corrected chi connectivity index (χ2v) is 11.0. The molecule has 5 aromatic carbocycles. The van der Waals surface area contributed by atoms with Crippen molar-refractivity contribution in [3.8, 4) is 11.5 Å². The summed E-state index contributed by atoms with van der Waals surface area (Å²) in [5.41, 5.74) is 2.53. The van der Waals surface area contributed by atoms with Gasteiger partial charge in [0.1, 0.15) is 22.0 Å². The number of anilines is 1. The molecule has 0 bridgehead atoms. The molecule has 10 nitrogen and oxygen atoms in total. The number of nitrogens with one attached hydrogen (secondary N) is 2. The van der Waals surface area contributed by atoms with Gasteiger partial charge in [-0.05, 0) is 60.3 Å². The van der Waals surface area contributed by atoms with E-state index in [-0.39, 0.29) is 16.9 Å². The molecule has 0 unspecified atom stereocenters. The highest BCUT2D eigenvalue weighted by molar-refractivity contribution is 7.86. The quantitative estimate of drug-likeness (QED) is 0.119. The van der Waals surface area contributed by atoms with Crippen LogP contribution >= 0.6 is 0 Å². The number of nitrogens with zero attached hydrogens (tertiary/aromatic N) is 2. The van der Waals surface area contributed by atoms with E-state index in [4.69, 9.17) is 4.74 Å². The second-order valence-electron chi connectivity index (χ2n) is 9.66. The lowest BCUT2D eigenvalue weighted by Gasteiger charge is -2.13. The van der Waals surface area contributed by atoms with Crippen LogP contribution in [0.2, 0.25) is 0 Å². The number of para-hydroxylation sites is 1. The van der Waals surface area contributed by atoms with Crippen LogP contribution in [-0.2, 0) is 10.1 Å². The van der Waals surface area contributed by atoms with Gasteiger partial charge in [-0.2, -0.15) is 8.42 Å². The largest absolute Gasteiger partial charge is 0.505 e. The molecule has 4 N–H and O–H groups in total. The number of carbonyl (C=O) groups excluding carboxylic acids is 1. The van der Waals surface area contributed by atoms with E-state index >= 15 is 0 Å². The van der Waals surface area contributed by atoms with Crippen LogP contribution in [0.3, 0.4) is 0 Å². The van der Waals surface area contributed by atoms with Crippen LogP contribution in [0.5, 0.6) is 11.5 Å². The van der Waals surface area contributed by atoms with Gasteiger partial charge >= 0.3 is 0 Å². The molecular weight excluding hydrogens is 556 g/mol. The summed E-state index contributed by atoms with van der Waals surface area (Å²) in [4.78, 5) is 16.4. The van der Waals surface area contributed by atoms with Gasteiger partial charge in [0.2, 0.25) is 0 Å². The lowest BCUT2D eigenvalue weighted by atomic mass is 10.00. The van der Waals surface area contributed by atoms with Crippen molar-refractivity contribution in [1.29, 1.82) is 0 Å². The number of methoxy groups -OCH3 is 1. The van der Waals surface area contributed by atoms with Crippen molar-refractivity contribution in [1.82, 2.24) is 4.98 Å². The zero-order valence-corrected chi connectivity index (χ0v) is 23.2. The minimum absolute atomic E-state index is 0.0496. The summed E-state index contributed by atoms with van der Waals surface area (Å²) in [5, 5.41) is 25.6. The zero-order valence-electron chi connectivity index (χ0n) is 22.4. The molecule has 0 atom stereocenters. The molecule has 0 radical (unpaired) electrons. The van der Waals surface area contributed by atoms with Gasteiger partial charge in [-0.1, -0.05) is 42.5 Å². The highest BCUT2D eigenvalue weighted by Crippen LogP contribution is 2.44. The molecule has 42 heavy (non-hydrogen) atoms. The first-order chi connectivity index (χ1) is 20.2. The number of azo groups is 1. The first kappa shape index (κ1) is 26.9. The Kier molecular flexibility index (Phi) is 6.60. The number of carbonyl (C=O) groups is 1.